The summed E-state index contributed by atoms with van der Waals surface area (Å²) in [6, 6.07) is 0. The van der Waals surface area contributed by atoms with E-state index < -0.39 is 22.0 Å². The highest BCUT2D eigenvalue weighted by molar-refractivity contribution is 7.86. The van der Waals surface area contributed by atoms with Crippen LogP contribution in [0, 0.1) is 5.92 Å². The number of carbonyl (C=O) groups is 2. The molecule has 0 saturated carbocycles. The summed E-state index contributed by atoms with van der Waals surface area (Å²) in [5.74, 6) is -0.718. The lowest BCUT2D eigenvalue weighted by Gasteiger charge is -2.20. The summed E-state index contributed by atoms with van der Waals surface area (Å²) < 4.78 is 16.6. The van der Waals surface area contributed by atoms with Crippen molar-refractivity contribution in [1.29, 1.82) is 0 Å². The van der Waals surface area contributed by atoms with Gasteiger partial charge in [-0.15, -0.1) is 0 Å². The first-order valence-electron chi connectivity index (χ1n) is 6.21. The van der Waals surface area contributed by atoms with Gasteiger partial charge in [0.05, 0.1) is 13.0 Å². The third-order valence-corrected chi connectivity index (χ3v) is 5.00. The molecular weight excluding hydrogens is 254 g/mol. The fraction of sp³-hybridized carbons (Fsp3) is 0.833. The van der Waals surface area contributed by atoms with E-state index in [4.69, 9.17) is 0 Å². The number of likely N-dealkylation sites (tertiary alicyclic amines) is 1. The third-order valence-electron chi connectivity index (χ3n) is 3.18. The maximum atomic E-state index is 12.0. The van der Waals surface area contributed by atoms with Crippen LogP contribution in [-0.4, -0.2) is 52.2 Å². The maximum Gasteiger partial charge on any atom is 0.309 e. The molecule has 0 bridgehead atoms. The van der Waals surface area contributed by atoms with Gasteiger partial charge < -0.3 is 9.64 Å². The predicted octanol–water partition coefficient (Wildman–Crippen LogP) is 0.555. The van der Waals surface area contributed by atoms with Crippen LogP contribution in [0.25, 0.3) is 0 Å². The van der Waals surface area contributed by atoms with E-state index in [1.807, 2.05) is 0 Å². The molecule has 18 heavy (non-hydrogen) atoms. The average Bonchev–Trinajstić information content (AvgIpc) is 2.89. The molecule has 104 valence electrons. The van der Waals surface area contributed by atoms with Crippen LogP contribution < -0.4 is 0 Å². The zero-order valence-corrected chi connectivity index (χ0v) is 12.0. The number of hydrogen-bond donors (Lipinski definition) is 0. The summed E-state index contributed by atoms with van der Waals surface area (Å²) in [6.45, 7) is 4.84. The molecule has 0 aromatic carbocycles. The van der Waals surface area contributed by atoms with E-state index in [2.05, 4.69) is 4.74 Å². The number of esters is 1. The minimum Gasteiger partial charge on any atom is -0.469 e. The normalized spacial score (nSPS) is 20.3. The molecule has 6 heteroatoms. The lowest BCUT2D eigenvalue weighted by Crippen LogP contribution is -2.39. The summed E-state index contributed by atoms with van der Waals surface area (Å²) in [5.41, 5.74) is 0. The molecule has 0 aromatic heterocycles. The van der Waals surface area contributed by atoms with E-state index in [1.165, 1.54) is 7.11 Å². The quantitative estimate of drug-likeness (QED) is 0.688. The molecule has 1 saturated heterocycles. The monoisotopic (exact) mass is 275 g/mol. The fourth-order valence-corrected chi connectivity index (χ4v) is 3.26. The first-order chi connectivity index (χ1) is 8.47. The highest BCUT2D eigenvalue weighted by Gasteiger charge is 2.29. The van der Waals surface area contributed by atoms with Crippen molar-refractivity contribution in [3.05, 3.63) is 0 Å². The minimum absolute atomic E-state index is 0.0668. The Morgan fingerprint density at radius 1 is 1.28 bits per heavy atom. The van der Waals surface area contributed by atoms with Gasteiger partial charge in [0, 0.05) is 29.6 Å². The van der Waals surface area contributed by atoms with Crippen LogP contribution in [0.1, 0.15) is 26.7 Å². The van der Waals surface area contributed by atoms with Crippen molar-refractivity contribution in [2.24, 2.45) is 5.92 Å². The van der Waals surface area contributed by atoms with E-state index in [0.29, 0.717) is 0 Å². The summed E-state index contributed by atoms with van der Waals surface area (Å²) in [5, 5.41) is -0.546. The maximum absolute atomic E-state index is 12.0. The molecule has 3 atom stereocenters. The second-order valence-corrected chi connectivity index (χ2v) is 6.45. The zero-order valence-electron chi connectivity index (χ0n) is 11.2. The lowest BCUT2D eigenvalue weighted by atomic mass is 10.2. The molecule has 3 unspecified atom stereocenters. The summed E-state index contributed by atoms with van der Waals surface area (Å²) in [7, 11) is -0.0291. The van der Waals surface area contributed by atoms with Gasteiger partial charge >= 0.3 is 5.97 Å². The molecular formula is C12H21NO4S. The van der Waals surface area contributed by atoms with Gasteiger partial charge in [0.15, 0.2) is 0 Å². The van der Waals surface area contributed by atoms with Crippen molar-refractivity contribution < 1.29 is 18.5 Å². The average molecular weight is 275 g/mol. The number of ether oxygens (including phenoxy) is 1. The molecule has 0 spiro atoms. The number of nitrogens with zero attached hydrogens (tertiary/aromatic N) is 1. The Balaban J connectivity index is 2.50. The van der Waals surface area contributed by atoms with Gasteiger partial charge in [0.2, 0.25) is 5.91 Å². The van der Waals surface area contributed by atoms with E-state index in [9.17, 15) is 13.8 Å². The largest absolute Gasteiger partial charge is 0.469 e. The van der Waals surface area contributed by atoms with Crippen LogP contribution in [0.2, 0.25) is 0 Å². The first kappa shape index (κ1) is 15.1. The Labute approximate surface area is 110 Å². The van der Waals surface area contributed by atoms with Crippen molar-refractivity contribution in [3.63, 3.8) is 0 Å². The second-order valence-electron chi connectivity index (χ2n) is 4.65. The topological polar surface area (TPSA) is 63.7 Å². The van der Waals surface area contributed by atoms with Gasteiger partial charge in [-0.1, -0.05) is 6.92 Å². The van der Waals surface area contributed by atoms with Crippen molar-refractivity contribution in [1.82, 2.24) is 4.90 Å². The fourth-order valence-electron chi connectivity index (χ4n) is 1.97. The Bertz CT molecular complexity index is 339. The van der Waals surface area contributed by atoms with Crippen molar-refractivity contribution in [2.45, 2.75) is 31.9 Å². The van der Waals surface area contributed by atoms with Gasteiger partial charge in [-0.3, -0.25) is 13.8 Å². The molecule has 1 aliphatic rings. The highest BCUT2D eigenvalue weighted by Crippen LogP contribution is 2.13. The molecule has 1 fully saturated rings. The highest BCUT2D eigenvalue weighted by atomic mass is 32.2. The number of rotatable bonds is 5. The molecule has 1 aliphatic heterocycles. The van der Waals surface area contributed by atoms with Crippen LogP contribution in [0.4, 0.5) is 0 Å². The molecule has 0 radical (unpaired) electrons. The molecule has 0 N–H and O–H groups in total. The van der Waals surface area contributed by atoms with Crippen LogP contribution >= 0.6 is 0 Å². The zero-order chi connectivity index (χ0) is 13.7. The van der Waals surface area contributed by atoms with Gasteiger partial charge in [-0.25, -0.2) is 0 Å². The molecule has 5 nitrogen and oxygen atoms in total. The third kappa shape index (κ3) is 3.80. The second kappa shape index (κ2) is 6.87. The summed E-state index contributed by atoms with van der Waals surface area (Å²) >= 11 is 0. The van der Waals surface area contributed by atoms with E-state index in [0.717, 1.165) is 25.9 Å². The van der Waals surface area contributed by atoms with Crippen LogP contribution in [-0.2, 0) is 25.1 Å². The standard InChI is InChI=1S/C12H21NO4S/c1-9(12(15)17-3)8-18(16)10(2)11(14)13-6-4-5-7-13/h9-10H,4-8H2,1-3H3. The van der Waals surface area contributed by atoms with Gasteiger partial charge in [0.25, 0.3) is 0 Å². The van der Waals surface area contributed by atoms with Crippen molar-refractivity contribution in [3.8, 4) is 0 Å². The number of methoxy groups -OCH3 is 1. The van der Waals surface area contributed by atoms with E-state index >= 15 is 0 Å². The van der Waals surface area contributed by atoms with Crippen molar-refractivity contribution >= 4 is 22.7 Å². The summed E-state index contributed by atoms with van der Waals surface area (Å²) in [6.07, 6.45) is 2.04. The Kier molecular flexibility index (Phi) is 5.78. The Morgan fingerprint density at radius 2 is 1.83 bits per heavy atom. The van der Waals surface area contributed by atoms with Gasteiger partial charge in [-0.05, 0) is 19.8 Å². The first-order valence-corrected chi connectivity index (χ1v) is 7.59. The van der Waals surface area contributed by atoms with Crippen LogP contribution in [0.3, 0.4) is 0 Å². The smallest absolute Gasteiger partial charge is 0.309 e. The van der Waals surface area contributed by atoms with Crippen LogP contribution in [0.5, 0.6) is 0 Å². The van der Waals surface area contributed by atoms with Crippen LogP contribution in [0.15, 0.2) is 0 Å². The molecule has 1 rings (SSSR count). The van der Waals surface area contributed by atoms with Gasteiger partial charge in [-0.2, -0.15) is 0 Å². The molecule has 1 amide bonds. The van der Waals surface area contributed by atoms with Gasteiger partial charge in [0.1, 0.15) is 5.25 Å². The predicted molar refractivity (Wildman–Crippen MR) is 69.5 cm³/mol. The Morgan fingerprint density at radius 3 is 2.33 bits per heavy atom. The number of carbonyl (C=O) groups excluding carboxylic acids is 2. The molecule has 1 heterocycles. The van der Waals surface area contributed by atoms with Crippen molar-refractivity contribution in [2.75, 3.05) is 26.0 Å². The SMILES string of the molecule is COC(=O)C(C)CS(=O)C(C)C(=O)N1CCCC1. The number of hydrogen-bond acceptors (Lipinski definition) is 4. The van der Waals surface area contributed by atoms with E-state index in [1.54, 1.807) is 18.7 Å². The molecule has 0 aliphatic carbocycles. The van der Waals surface area contributed by atoms with E-state index in [-0.39, 0.29) is 17.6 Å². The molecule has 0 aromatic rings. The number of amides is 1. The minimum atomic E-state index is -1.34. The lowest BCUT2D eigenvalue weighted by molar-refractivity contribution is -0.144. The Hall–Kier alpha value is -0.910. The summed E-state index contributed by atoms with van der Waals surface area (Å²) in [4.78, 5) is 25.0.